The Morgan fingerprint density at radius 1 is 0.923 bits per heavy atom. The first-order valence-electron chi connectivity index (χ1n) is 7.64. The average Bonchev–Trinajstić information content (AvgIpc) is 2.64. The third-order valence-electron chi connectivity index (χ3n) is 3.31. The molecule has 0 aliphatic carbocycles. The number of carbonyl (C=O) groups is 1. The van der Waals surface area contributed by atoms with Crippen molar-refractivity contribution < 1.29 is 13.7 Å². The highest BCUT2D eigenvalue weighted by molar-refractivity contribution is 7.92. The highest BCUT2D eigenvalue weighted by atomic mass is 32.2. The number of urea groups is 1. The standard InChI is InChI=1S/C18H15FN4O2S/c19-13-3-9-17(10-4-13)26(25)23-15-7-5-14(6-8-15)21-18(24)22-16-2-1-11-20-12-16/h1-12,23,25H,(H-,21,22,24)/p+1. The van der Waals surface area contributed by atoms with Gasteiger partial charge < -0.3 is 10.6 Å². The monoisotopic (exact) mass is 371 g/mol. The molecule has 3 aromatic rings. The molecule has 0 bridgehead atoms. The molecule has 0 spiro atoms. The molecule has 0 fully saturated rings. The van der Waals surface area contributed by atoms with Crippen LogP contribution in [0, 0.1) is 5.82 Å². The Morgan fingerprint density at radius 3 is 2.23 bits per heavy atom. The highest BCUT2D eigenvalue weighted by Gasteiger charge is 2.20. The number of hydrogen-bond acceptors (Lipinski definition) is 4. The molecule has 1 atom stereocenters. The van der Waals surface area contributed by atoms with Crippen molar-refractivity contribution in [3.05, 3.63) is 78.9 Å². The molecule has 0 aliphatic rings. The van der Waals surface area contributed by atoms with Crippen LogP contribution in [0.25, 0.3) is 0 Å². The molecule has 1 heterocycles. The molecule has 26 heavy (non-hydrogen) atoms. The van der Waals surface area contributed by atoms with E-state index in [1.54, 1.807) is 48.8 Å². The van der Waals surface area contributed by atoms with Gasteiger partial charge in [0.2, 0.25) is 4.90 Å². The predicted molar refractivity (Wildman–Crippen MR) is 102 cm³/mol. The lowest BCUT2D eigenvalue weighted by molar-refractivity contribution is 0.262. The SMILES string of the molecule is O=C(Nc1ccc(N[S+](O)c2ccc(F)cc2)cc1)Nc1cccnc1. The van der Waals surface area contributed by atoms with Gasteiger partial charge in [0, 0.05) is 24.0 Å². The van der Waals surface area contributed by atoms with Crippen molar-refractivity contribution in [3.8, 4) is 0 Å². The lowest BCUT2D eigenvalue weighted by Gasteiger charge is -2.08. The Kier molecular flexibility index (Phi) is 5.67. The Labute approximate surface area is 152 Å². The minimum Gasteiger partial charge on any atom is -0.308 e. The second kappa shape index (κ2) is 8.32. The summed E-state index contributed by atoms with van der Waals surface area (Å²) >= 11 is -1.26. The lowest BCUT2D eigenvalue weighted by Crippen LogP contribution is -2.19. The molecule has 1 aromatic heterocycles. The molecule has 3 rings (SSSR count). The molecule has 4 N–H and O–H groups in total. The minimum absolute atomic E-state index is 0.356. The van der Waals surface area contributed by atoms with Gasteiger partial charge in [-0.2, -0.15) is 9.27 Å². The Morgan fingerprint density at radius 2 is 1.58 bits per heavy atom. The zero-order valence-corrected chi connectivity index (χ0v) is 14.3. The summed E-state index contributed by atoms with van der Waals surface area (Å²) in [5.41, 5.74) is 1.85. The number of anilines is 3. The van der Waals surface area contributed by atoms with E-state index >= 15 is 0 Å². The summed E-state index contributed by atoms with van der Waals surface area (Å²) < 4.78 is 26.0. The van der Waals surface area contributed by atoms with Crippen molar-refractivity contribution in [1.29, 1.82) is 0 Å². The molecule has 132 valence electrons. The van der Waals surface area contributed by atoms with Gasteiger partial charge in [0.25, 0.3) is 0 Å². The summed E-state index contributed by atoms with van der Waals surface area (Å²) in [5, 5.41) is 5.37. The van der Waals surface area contributed by atoms with E-state index in [0.717, 1.165) is 0 Å². The summed E-state index contributed by atoms with van der Waals surface area (Å²) in [5.74, 6) is -0.356. The van der Waals surface area contributed by atoms with Gasteiger partial charge >= 0.3 is 17.4 Å². The second-order valence-corrected chi connectivity index (χ2v) is 6.48. The van der Waals surface area contributed by atoms with Crippen LogP contribution in [0.4, 0.5) is 26.2 Å². The summed E-state index contributed by atoms with van der Waals surface area (Å²) in [4.78, 5) is 16.4. The van der Waals surface area contributed by atoms with Gasteiger partial charge in [0.05, 0.1) is 17.6 Å². The number of hydrogen-bond donors (Lipinski definition) is 4. The summed E-state index contributed by atoms with van der Waals surface area (Å²) in [6.45, 7) is 0. The number of nitrogens with zero attached hydrogens (tertiary/aromatic N) is 1. The summed E-state index contributed by atoms with van der Waals surface area (Å²) in [6, 6.07) is 15.5. The average molecular weight is 371 g/mol. The van der Waals surface area contributed by atoms with Gasteiger partial charge in [-0.25, -0.2) is 9.18 Å². The normalized spacial score (nSPS) is 11.5. The van der Waals surface area contributed by atoms with Gasteiger partial charge in [0.1, 0.15) is 5.82 Å². The van der Waals surface area contributed by atoms with E-state index in [2.05, 4.69) is 20.3 Å². The van der Waals surface area contributed by atoms with Gasteiger partial charge in [0.15, 0.2) is 0 Å². The van der Waals surface area contributed by atoms with Crippen LogP contribution in [0.1, 0.15) is 0 Å². The van der Waals surface area contributed by atoms with Crippen LogP contribution in [0.15, 0.2) is 78.0 Å². The smallest absolute Gasteiger partial charge is 0.308 e. The van der Waals surface area contributed by atoms with Gasteiger partial charge in [-0.3, -0.25) is 4.98 Å². The predicted octanol–water partition coefficient (Wildman–Crippen LogP) is 4.34. The molecule has 2 aromatic carbocycles. The third kappa shape index (κ3) is 4.95. The van der Waals surface area contributed by atoms with Crippen LogP contribution in [-0.4, -0.2) is 15.6 Å². The van der Waals surface area contributed by atoms with Crippen LogP contribution < -0.4 is 15.4 Å². The number of aromatic nitrogens is 1. The van der Waals surface area contributed by atoms with Crippen molar-refractivity contribution in [3.63, 3.8) is 0 Å². The number of halogens is 1. The maximum atomic E-state index is 12.9. The molecule has 6 nitrogen and oxygen atoms in total. The molecule has 8 heteroatoms. The van der Waals surface area contributed by atoms with E-state index < -0.39 is 11.4 Å². The Hall–Kier alpha value is -3.10. The number of carbonyl (C=O) groups excluding carboxylic acids is 1. The maximum Gasteiger partial charge on any atom is 0.323 e. The fraction of sp³-hybridized carbons (Fsp3) is 0. The first-order valence-corrected chi connectivity index (χ1v) is 8.82. The van der Waals surface area contributed by atoms with E-state index in [0.29, 0.717) is 22.0 Å². The number of pyridine rings is 1. The quantitative estimate of drug-likeness (QED) is 0.503. The fourth-order valence-corrected chi connectivity index (χ4v) is 2.96. The highest BCUT2D eigenvalue weighted by Crippen LogP contribution is 2.19. The number of benzene rings is 2. The molecular weight excluding hydrogens is 355 g/mol. The number of amides is 2. The third-order valence-corrected chi connectivity index (χ3v) is 4.46. The van der Waals surface area contributed by atoms with Crippen molar-refractivity contribution in [2.45, 2.75) is 4.90 Å². The molecule has 0 saturated carbocycles. The molecule has 1 unspecified atom stereocenters. The van der Waals surface area contributed by atoms with E-state index in [9.17, 15) is 13.7 Å². The Bertz CT molecular complexity index is 861. The maximum absolute atomic E-state index is 12.9. The van der Waals surface area contributed by atoms with Crippen LogP contribution in [0.2, 0.25) is 0 Å². The second-order valence-electron chi connectivity index (χ2n) is 5.24. The lowest BCUT2D eigenvalue weighted by atomic mass is 10.3. The number of nitrogens with one attached hydrogen (secondary N) is 3. The summed E-state index contributed by atoms with van der Waals surface area (Å²) in [7, 11) is 0. The molecule has 2 amide bonds. The van der Waals surface area contributed by atoms with E-state index in [1.165, 1.54) is 24.3 Å². The minimum atomic E-state index is -1.26. The Balaban J connectivity index is 1.56. The molecular formula is C18H16FN4O2S+. The van der Waals surface area contributed by atoms with Crippen LogP contribution >= 0.6 is 0 Å². The molecule has 0 saturated heterocycles. The van der Waals surface area contributed by atoms with Crippen molar-refractivity contribution in [2.75, 3.05) is 15.4 Å². The topological polar surface area (TPSA) is 86.3 Å². The van der Waals surface area contributed by atoms with Crippen molar-refractivity contribution >= 4 is 34.5 Å². The first kappa shape index (κ1) is 17.7. The molecule has 0 aliphatic heterocycles. The number of rotatable bonds is 5. The van der Waals surface area contributed by atoms with Gasteiger partial charge in [-0.05, 0) is 48.5 Å². The summed E-state index contributed by atoms with van der Waals surface area (Å²) in [6.07, 6.45) is 3.17. The van der Waals surface area contributed by atoms with Crippen LogP contribution in [0.5, 0.6) is 0 Å². The first-order chi connectivity index (χ1) is 12.6. The van der Waals surface area contributed by atoms with E-state index in [4.69, 9.17) is 0 Å². The fourth-order valence-electron chi connectivity index (χ4n) is 2.09. The van der Waals surface area contributed by atoms with Crippen molar-refractivity contribution in [2.24, 2.45) is 0 Å². The van der Waals surface area contributed by atoms with Gasteiger partial charge in [-0.1, -0.05) is 0 Å². The van der Waals surface area contributed by atoms with Crippen LogP contribution in [-0.2, 0) is 11.4 Å². The van der Waals surface area contributed by atoms with E-state index in [-0.39, 0.29) is 11.8 Å². The van der Waals surface area contributed by atoms with Crippen molar-refractivity contribution in [1.82, 2.24) is 4.98 Å². The largest absolute Gasteiger partial charge is 0.323 e. The zero-order chi connectivity index (χ0) is 18.4. The molecule has 0 radical (unpaired) electrons. The van der Waals surface area contributed by atoms with Crippen LogP contribution in [0.3, 0.4) is 0 Å². The van der Waals surface area contributed by atoms with E-state index in [1.807, 2.05) is 0 Å². The van der Waals surface area contributed by atoms with Gasteiger partial charge in [-0.15, -0.1) is 0 Å². The zero-order valence-electron chi connectivity index (χ0n) is 13.5.